The summed E-state index contributed by atoms with van der Waals surface area (Å²) in [7, 11) is -1.78. The lowest BCUT2D eigenvalue weighted by molar-refractivity contribution is -0.121. The van der Waals surface area contributed by atoms with Crippen molar-refractivity contribution in [1.82, 2.24) is 5.32 Å². The zero-order valence-corrected chi connectivity index (χ0v) is 10.8. The summed E-state index contributed by atoms with van der Waals surface area (Å²) >= 11 is 0. The van der Waals surface area contributed by atoms with Gasteiger partial charge in [0.05, 0.1) is 18.4 Å². The molecule has 1 amide bonds. The molecular weight excluding hydrogens is 244 g/mol. The first-order valence-electron chi connectivity index (χ1n) is 5.72. The second-order valence-corrected chi connectivity index (χ2v) is 6.55. The van der Waals surface area contributed by atoms with Crippen LogP contribution < -0.4 is 11.1 Å². The normalized spacial score (nSPS) is 25.2. The third-order valence-corrected chi connectivity index (χ3v) is 5.04. The summed E-state index contributed by atoms with van der Waals surface area (Å²) in [4.78, 5) is 11.9. The molecule has 0 spiro atoms. The van der Waals surface area contributed by atoms with Gasteiger partial charge in [0.15, 0.2) is 9.84 Å². The topological polar surface area (TPSA) is 98.5 Å². The van der Waals surface area contributed by atoms with Crippen LogP contribution in [0.3, 0.4) is 0 Å². The minimum absolute atomic E-state index is 0.0999. The maximum Gasteiger partial charge on any atom is 0.238 e. The molecule has 0 aromatic rings. The fourth-order valence-corrected chi connectivity index (χ4v) is 3.72. The van der Waals surface area contributed by atoms with E-state index in [0.29, 0.717) is 12.8 Å². The quantitative estimate of drug-likeness (QED) is 0.666. The Kier molecular flexibility index (Phi) is 5.35. The van der Waals surface area contributed by atoms with Crippen LogP contribution in [0.15, 0.2) is 0 Å². The lowest BCUT2D eigenvalue weighted by Crippen LogP contribution is -2.50. The summed E-state index contributed by atoms with van der Waals surface area (Å²) in [6.45, 7) is 0.515. The Bertz CT molecular complexity index is 355. The van der Waals surface area contributed by atoms with Crippen LogP contribution in [0.5, 0.6) is 0 Å². The molecule has 1 saturated heterocycles. The molecule has 0 aromatic carbocycles. The summed E-state index contributed by atoms with van der Waals surface area (Å²) in [6, 6.07) is -0.329. The minimum atomic E-state index is -3.29. The van der Waals surface area contributed by atoms with Crippen molar-refractivity contribution in [2.45, 2.75) is 30.6 Å². The first-order chi connectivity index (χ1) is 8.01. The van der Waals surface area contributed by atoms with Crippen molar-refractivity contribution in [3.63, 3.8) is 0 Å². The van der Waals surface area contributed by atoms with Gasteiger partial charge >= 0.3 is 0 Å². The summed E-state index contributed by atoms with van der Waals surface area (Å²) in [6.07, 6.45) is 1.82. The molecule has 17 heavy (non-hydrogen) atoms. The molecule has 1 heterocycles. The Morgan fingerprint density at radius 2 is 2.24 bits per heavy atom. The summed E-state index contributed by atoms with van der Waals surface area (Å²) < 4.78 is 28.3. The van der Waals surface area contributed by atoms with Crippen LogP contribution >= 0.6 is 0 Å². The molecule has 0 radical (unpaired) electrons. The van der Waals surface area contributed by atoms with Gasteiger partial charge in [-0.05, 0) is 12.8 Å². The highest BCUT2D eigenvalue weighted by molar-refractivity contribution is 7.92. The Hall–Kier alpha value is -0.660. The number of ether oxygens (including phenoxy) is 1. The molecule has 100 valence electrons. The average molecular weight is 264 g/mol. The fraction of sp³-hybridized carbons (Fsp3) is 0.900. The molecule has 2 unspecified atom stereocenters. The molecule has 1 fully saturated rings. The van der Waals surface area contributed by atoms with Crippen LogP contribution in [-0.2, 0) is 19.4 Å². The second kappa shape index (κ2) is 6.32. The Balaban J connectivity index is 2.62. The highest BCUT2D eigenvalue weighted by atomic mass is 32.2. The molecule has 6 nitrogen and oxygen atoms in total. The highest BCUT2D eigenvalue weighted by Gasteiger charge is 2.35. The van der Waals surface area contributed by atoms with Gasteiger partial charge < -0.3 is 15.8 Å². The lowest BCUT2D eigenvalue weighted by Gasteiger charge is -2.24. The van der Waals surface area contributed by atoms with E-state index < -0.39 is 21.0 Å². The van der Waals surface area contributed by atoms with Crippen LogP contribution in [0.25, 0.3) is 0 Å². The van der Waals surface area contributed by atoms with E-state index in [4.69, 9.17) is 10.5 Å². The molecule has 3 N–H and O–H groups in total. The molecule has 0 bridgehead atoms. The number of methoxy groups -OCH3 is 1. The van der Waals surface area contributed by atoms with Gasteiger partial charge in [-0.2, -0.15) is 0 Å². The van der Waals surface area contributed by atoms with Crippen molar-refractivity contribution in [2.24, 2.45) is 5.73 Å². The summed E-state index contributed by atoms with van der Waals surface area (Å²) in [5.41, 5.74) is 5.46. The third kappa shape index (κ3) is 3.93. The molecule has 0 saturated carbocycles. The number of carbonyl (C=O) groups excluding carboxylic acids is 1. The first-order valence-corrected chi connectivity index (χ1v) is 7.43. The van der Waals surface area contributed by atoms with Gasteiger partial charge in [-0.25, -0.2) is 8.42 Å². The lowest BCUT2D eigenvalue weighted by atomic mass is 10.1. The zero-order chi connectivity index (χ0) is 12.9. The van der Waals surface area contributed by atoms with E-state index in [1.807, 2.05) is 0 Å². The molecule has 1 aliphatic heterocycles. The van der Waals surface area contributed by atoms with Crippen molar-refractivity contribution in [2.75, 3.05) is 26.0 Å². The Morgan fingerprint density at radius 1 is 1.53 bits per heavy atom. The largest absolute Gasteiger partial charge is 0.383 e. The molecular formula is C10H20N2O4S. The highest BCUT2D eigenvalue weighted by Crippen LogP contribution is 2.19. The van der Waals surface area contributed by atoms with E-state index in [2.05, 4.69) is 5.32 Å². The Morgan fingerprint density at radius 3 is 2.76 bits per heavy atom. The van der Waals surface area contributed by atoms with Crippen molar-refractivity contribution < 1.29 is 17.9 Å². The van der Waals surface area contributed by atoms with Gasteiger partial charge in [-0.15, -0.1) is 0 Å². The SMILES string of the molecule is COCC(CN)NC(=O)C1CCCCS1(=O)=O. The van der Waals surface area contributed by atoms with Crippen LogP contribution in [0.4, 0.5) is 0 Å². The predicted octanol–water partition coefficient (Wildman–Crippen LogP) is -0.956. The molecule has 2 atom stereocenters. The van der Waals surface area contributed by atoms with Gasteiger partial charge in [0.2, 0.25) is 5.91 Å². The van der Waals surface area contributed by atoms with E-state index in [-0.39, 0.29) is 24.9 Å². The Labute approximate surface area is 102 Å². The number of amides is 1. The van der Waals surface area contributed by atoms with Crippen LogP contribution in [0.2, 0.25) is 0 Å². The van der Waals surface area contributed by atoms with E-state index in [1.54, 1.807) is 0 Å². The van der Waals surface area contributed by atoms with Gasteiger partial charge in [0.25, 0.3) is 0 Å². The van der Waals surface area contributed by atoms with E-state index in [1.165, 1.54) is 7.11 Å². The molecule has 1 rings (SSSR count). The van der Waals surface area contributed by atoms with Crippen molar-refractivity contribution in [1.29, 1.82) is 0 Å². The van der Waals surface area contributed by atoms with Crippen molar-refractivity contribution in [3.05, 3.63) is 0 Å². The molecule has 0 aromatic heterocycles. The van der Waals surface area contributed by atoms with E-state index in [0.717, 1.165) is 6.42 Å². The molecule has 0 aliphatic carbocycles. The van der Waals surface area contributed by atoms with Crippen molar-refractivity contribution in [3.8, 4) is 0 Å². The van der Waals surface area contributed by atoms with E-state index in [9.17, 15) is 13.2 Å². The number of sulfone groups is 1. The fourth-order valence-electron chi connectivity index (χ4n) is 1.91. The number of hydrogen-bond donors (Lipinski definition) is 2. The molecule has 7 heteroatoms. The average Bonchev–Trinajstić information content (AvgIpc) is 2.27. The van der Waals surface area contributed by atoms with Gasteiger partial charge in [-0.1, -0.05) is 6.42 Å². The number of rotatable bonds is 5. The second-order valence-electron chi connectivity index (χ2n) is 4.25. The van der Waals surface area contributed by atoms with Gasteiger partial charge in [-0.3, -0.25) is 4.79 Å². The number of carbonyl (C=O) groups is 1. The predicted molar refractivity (Wildman–Crippen MR) is 64.3 cm³/mol. The molecule has 1 aliphatic rings. The zero-order valence-electron chi connectivity index (χ0n) is 10.0. The van der Waals surface area contributed by atoms with Gasteiger partial charge in [0, 0.05) is 13.7 Å². The number of hydrogen-bond acceptors (Lipinski definition) is 5. The monoisotopic (exact) mass is 264 g/mol. The standard InChI is InChI=1S/C10H20N2O4S/c1-16-7-8(6-11)12-10(13)9-4-2-3-5-17(9,14)15/h8-9H,2-7,11H2,1H3,(H,12,13). The first kappa shape index (κ1) is 14.4. The van der Waals surface area contributed by atoms with Crippen LogP contribution in [0, 0.1) is 0 Å². The summed E-state index contributed by atoms with van der Waals surface area (Å²) in [5, 5.41) is 1.71. The van der Waals surface area contributed by atoms with Crippen molar-refractivity contribution >= 4 is 15.7 Å². The smallest absolute Gasteiger partial charge is 0.238 e. The maximum atomic E-state index is 11.9. The third-order valence-electron chi connectivity index (χ3n) is 2.87. The van der Waals surface area contributed by atoms with Crippen LogP contribution in [0.1, 0.15) is 19.3 Å². The maximum absolute atomic E-state index is 11.9. The minimum Gasteiger partial charge on any atom is -0.383 e. The van der Waals surface area contributed by atoms with Gasteiger partial charge in [0.1, 0.15) is 5.25 Å². The number of nitrogens with one attached hydrogen (secondary N) is 1. The summed E-state index contributed by atoms with van der Waals surface area (Å²) in [5.74, 6) is -0.347. The number of nitrogens with two attached hydrogens (primary N) is 1. The van der Waals surface area contributed by atoms with E-state index >= 15 is 0 Å². The van der Waals surface area contributed by atoms with Crippen LogP contribution in [-0.4, -0.2) is 51.6 Å².